The number of likely N-dealkylation sites (N-methyl/N-ethyl adjacent to an activating group) is 1. The highest BCUT2D eigenvalue weighted by molar-refractivity contribution is 6.30. The Morgan fingerprint density at radius 3 is 2.29 bits per heavy atom. The molecule has 1 amide bonds. The van der Waals surface area contributed by atoms with E-state index in [-0.39, 0.29) is 5.75 Å². The molecule has 0 spiro atoms. The highest BCUT2D eigenvalue weighted by Gasteiger charge is 2.31. The summed E-state index contributed by atoms with van der Waals surface area (Å²) in [5.74, 6) is -0.793. The Bertz CT molecular complexity index is 392. The molecule has 17 heavy (non-hydrogen) atoms. The van der Waals surface area contributed by atoms with Gasteiger partial charge in [-0.2, -0.15) is 0 Å². The first-order chi connectivity index (χ1) is 7.83. The fourth-order valence-corrected chi connectivity index (χ4v) is 1.37. The molecule has 1 aromatic carbocycles. The third kappa shape index (κ3) is 4.14. The van der Waals surface area contributed by atoms with Crippen LogP contribution in [-0.4, -0.2) is 19.3 Å². The molecule has 0 aliphatic carbocycles. The Kier molecular flexibility index (Phi) is 4.22. The second-order valence-corrected chi connectivity index (χ2v) is 3.53. The molecule has 3 nitrogen and oxygen atoms in total. The quantitative estimate of drug-likeness (QED) is 0.855. The number of alkyl halides is 4. The smallest absolute Gasteiger partial charge is 0.406 e. The van der Waals surface area contributed by atoms with E-state index in [9.17, 15) is 18.0 Å². The number of halogens is 4. The Hall–Kier alpha value is -1.43. The summed E-state index contributed by atoms with van der Waals surface area (Å²) in [6.45, 7) is 0. The first-order valence-corrected chi connectivity index (χ1v) is 4.98. The second kappa shape index (κ2) is 5.27. The van der Waals surface area contributed by atoms with Crippen molar-refractivity contribution >= 4 is 17.5 Å². The summed E-state index contributed by atoms with van der Waals surface area (Å²) in [7, 11) is 1.42. The van der Waals surface area contributed by atoms with Crippen molar-refractivity contribution in [2.75, 3.05) is 7.05 Å². The molecular formula is C10H9ClF3NO2. The summed E-state index contributed by atoms with van der Waals surface area (Å²) in [4.78, 5) is 11.2. The summed E-state index contributed by atoms with van der Waals surface area (Å²) < 4.78 is 39.3. The number of ether oxygens (including phenoxy) is 1. The molecule has 0 aromatic heterocycles. The Morgan fingerprint density at radius 2 is 1.88 bits per heavy atom. The largest absolute Gasteiger partial charge is 0.573 e. The first-order valence-electron chi connectivity index (χ1n) is 4.55. The van der Waals surface area contributed by atoms with Crippen molar-refractivity contribution in [2.24, 2.45) is 0 Å². The lowest BCUT2D eigenvalue weighted by molar-refractivity contribution is -0.274. The fourth-order valence-electron chi connectivity index (χ4n) is 1.12. The summed E-state index contributed by atoms with van der Waals surface area (Å²) in [5.41, 5.74) is 0.389. The van der Waals surface area contributed by atoms with Crippen LogP contribution in [0.25, 0.3) is 0 Å². The molecule has 0 aliphatic rings. The van der Waals surface area contributed by atoms with Gasteiger partial charge in [-0.3, -0.25) is 4.79 Å². The van der Waals surface area contributed by atoms with Crippen LogP contribution in [0, 0.1) is 0 Å². The molecule has 0 radical (unpaired) electrons. The van der Waals surface area contributed by atoms with Gasteiger partial charge in [0.25, 0.3) is 0 Å². The number of carbonyl (C=O) groups is 1. The number of rotatable bonds is 3. The van der Waals surface area contributed by atoms with E-state index in [1.54, 1.807) is 0 Å². The molecule has 0 aliphatic heterocycles. The lowest BCUT2D eigenvalue weighted by Crippen LogP contribution is -2.22. The molecule has 1 unspecified atom stereocenters. The second-order valence-electron chi connectivity index (χ2n) is 3.09. The van der Waals surface area contributed by atoms with E-state index in [1.165, 1.54) is 19.2 Å². The van der Waals surface area contributed by atoms with Crippen LogP contribution in [0.3, 0.4) is 0 Å². The average Bonchev–Trinajstić information content (AvgIpc) is 2.26. The molecule has 0 saturated carbocycles. The molecule has 1 N–H and O–H groups in total. The van der Waals surface area contributed by atoms with Crippen LogP contribution in [0.15, 0.2) is 24.3 Å². The Morgan fingerprint density at radius 1 is 1.35 bits per heavy atom. The lowest BCUT2D eigenvalue weighted by atomic mass is 10.1. The van der Waals surface area contributed by atoms with E-state index in [4.69, 9.17) is 11.6 Å². The minimum Gasteiger partial charge on any atom is -0.406 e. The zero-order valence-corrected chi connectivity index (χ0v) is 9.47. The van der Waals surface area contributed by atoms with Gasteiger partial charge in [0.15, 0.2) is 0 Å². The van der Waals surface area contributed by atoms with Crippen LogP contribution < -0.4 is 10.1 Å². The highest BCUT2D eigenvalue weighted by atomic mass is 35.5. The van der Waals surface area contributed by atoms with E-state index < -0.39 is 17.6 Å². The zero-order valence-electron chi connectivity index (χ0n) is 8.72. The number of nitrogens with one attached hydrogen (secondary N) is 1. The van der Waals surface area contributed by atoms with E-state index in [2.05, 4.69) is 10.1 Å². The molecule has 0 fully saturated rings. The van der Waals surface area contributed by atoms with Crippen LogP contribution in [0.5, 0.6) is 5.75 Å². The van der Waals surface area contributed by atoms with Crippen molar-refractivity contribution in [1.82, 2.24) is 5.32 Å². The van der Waals surface area contributed by atoms with Gasteiger partial charge in [0, 0.05) is 7.05 Å². The minimum absolute atomic E-state index is 0.359. The van der Waals surface area contributed by atoms with Gasteiger partial charge in [-0.15, -0.1) is 24.8 Å². The normalized spacial score (nSPS) is 13.0. The topological polar surface area (TPSA) is 38.3 Å². The van der Waals surface area contributed by atoms with Crippen LogP contribution in [0.1, 0.15) is 10.9 Å². The van der Waals surface area contributed by atoms with Crippen LogP contribution >= 0.6 is 11.6 Å². The van der Waals surface area contributed by atoms with Crippen molar-refractivity contribution < 1.29 is 22.7 Å². The molecule has 1 atom stereocenters. The SMILES string of the molecule is CNC(=O)C(Cl)c1ccc(OC(F)(F)F)cc1. The molecule has 7 heteroatoms. The molecule has 1 aromatic rings. The first kappa shape index (κ1) is 13.6. The number of benzene rings is 1. The zero-order chi connectivity index (χ0) is 13.1. The molecule has 0 heterocycles. The lowest BCUT2D eigenvalue weighted by Gasteiger charge is -2.11. The molecule has 0 saturated heterocycles. The summed E-state index contributed by atoms with van der Waals surface area (Å²) >= 11 is 5.77. The fraction of sp³-hybridized carbons (Fsp3) is 0.300. The van der Waals surface area contributed by atoms with E-state index >= 15 is 0 Å². The predicted octanol–water partition coefficient (Wildman–Crippen LogP) is 2.61. The predicted molar refractivity (Wildman–Crippen MR) is 55.8 cm³/mol. The highest BCUT2D eigenvalue weighted by Crippen LogP contribution is 2.26. The van der Waals surface area contributed by atoms with Gasteiger partial charge in [-0.05, 0) is 17.7 Å². The van der Waals surface area contributed by atoms with Crippen LogP contribution in [0.2, 0.25) is 0 Å². The number of hydrogen-bond donors (Lipinski definition) is 1. The Labute approximate surface area is 101 Å². The van der Waals surface area contributed by atoms with Gasteiger partial charge in [-0.25, -0.2) is 0 Å². The van der Waals surface area contributed by atoms with Crippen molar-refractivity contribution in [2.45, 2.75) is 11.7 Å². The summed E-state index contributed by atoms with van der Waals surface area (Å²) in [6, 6.07) is 4.80. The summed E-state index contributed by atoms with van der Waals surface area (Å²) in [6.07, 6.45) is -4.73. The third-order valence-electron chi connectivity index (χ3n) is 1.88. The van der Waals surface area contributed by atoms with Crippen molar-refractivity contribution in [3.05, 3.63) is 29.8 Å². The number of amides is 1. The van der Waals surface area contributed by atoms with Gasteiger partial charge < -0.3 is 10.1 Å². The third-order valence-corrected chi connectivity index (χ3v) is 2.33. The van der Waals surface area contributed by atoms with Crippen LogP contribution in [0.4, 0.5) is 13.2 Å². The van der Waals surface area contributed by atoms with E-state index in [0.717, 1.165) is 12.1 Å². The molecule has 94 valence electrons. The molecular weight excluding hydrogens is 259 g/mol. The maximum absolute atomic E-state index is 11.9. The maximum Gasteiger partial charge on any atom is 0.573 e. The molecule has 1 rings (SSSR count). The van der Waals surface area contributed by atoms with Crippen molar-refractivity contribution in [1.29, 1.82) is 0 Å². The standard InChI is InChI=1S/C10H9ClF3NO2/c1-15-9(16)8(11)6-2-4-7(5-3-6)17-10(12,13)14/h2-5,8H,1H3,(H,15,16). The average molecular weight is 268 g/mol. The molecule has 0 bridgehead atoms. The number of carbonyl (C=O) groups excluding carboxylic acids is 1. The van der Waals surface area contributed by atoms with Gasteiger partial charge in [0.05, 0.1) is 0 Å². The van der Waals surface area contributed by atoms with Gasteiger partial charge in [-0.1, -0.05) is 12.1 Å². The van der Waals surface area contributed by atoms with Gasteiger partial charge in [0.2, 0.25) is 5.91 Å². The monoisotopic (exact) mass is 267 g/mol. The van der Waals surface area contributed by atoms with E-state index in [0.29, 0.717) is 5.56 Å². The minimum atomic E-state index is -4.73. The Balaban J connectivity index is 2.78. The van der Waals surface area contributed by atoms with Crippen molar-refractivity contribution in [3.63, 3.8) is 0 Å². The van der Waals surface area contributed by atoms with Gasteiger partial charge in [0.1, 0.15) is 11.1 Å². The van der Waals surface area contributed by atoms with Crippen molar-refractivity contribution in [3.8, 4) is 5.75 Å². The summed E-state index contributed by atoms with van der Waals surface area (Å²) in [5, 5.41) is 1.39. The maximum atomic E-state index is 11.9. The van der Waals surface area contributed by atoms with Crippen LogP contribution in [-0.2, 0) is 4.79 Å². The van der Waals surface area contributed by atoms with E-state index in [1.807, 2.05) is 0 Å². The number of hydrogen-bond acceptors (Lipinski definition) is 2. The van der Waals surface area contributed by atoms with Gasteiger partial charge >= 0.3 is 6.36 Å².